The Balaban J connectivity index is 1.61. The molecule has 2 aromatic carbocycles. The van der Waals surface area contributed by atoms with Crippen LogP contribution in [0.3, 0.4) is 0 Å². The van der Waals surface area contributed by atoms with Crippen LogP contribution >= 0.6 is 0 Å². The fraction of sp³-hybridized carbons (Fsp3) is 0.235. The molecule has 1 aliphatic rings. The van der Waals surface area contributed by atoms with E-state index in [1.807, 2.05) is 25.2 Å². The zero-order valence-electron chi connectivity index (χ0n) is 12.0. The molecule has 0 saturated heterocycles. The normalized spacial score (nSPS) is 17.2. The van der Waals surface area contributed by atoms with Crippen LogP contribution in [0.5, 0.6) is 5.75 Å². The Morgan fingerprint density at radius 2 is 1.86 bits per heavy atom. The monoisotopic (exact) mass is 281 g/mol. The van der Waals surface area contributed by atoms with Crippen molar-refractivity contribution < 1.29 is 5.11 Å². The highest BCUT2D eigenvalue weighted by molar-refractivity contribution is 5.82. The fourth-order valence-electron chi connectivity index (χ4n) is 2.48. The molecule has 0 saturated carbocycles. The Morgan fingerprint density at radius 1 is 1.14 bits per heavy atom. The number of guanidine groups is 1. The molecule has 1 atom stereocenters. The van der Waals surface area contributed by atoms with Gasteiger partial charge in [0.1, 0.15) is 5.75 Å². The van der Waals surface area contributed by atoms with Crippen molar-refractivity contribution in [2.24, 2.45) is 4.99 Å². The van der Waals surface area contributed by atoms with Gasteiger partial charge in [-0.1, -0.05) is 42.5 Å². The van der Waals surface area contributed by atoms with Gasteiger partial charge in [-0.2, -0.15) is 0 Å². The number of nitrogens with zero attached hydrogens (tertiary/aromatic N) is 2. The smallest absolute Gasteiger partial charge is 0.194 e. The van der Waals surface area contributed by atoms with Crippen LogP contribution in [0.2, 0.25) is 0 Å². The second-order valence-electron chi connectivity index (χ2n) is 5.29. The van der Waals surface area contributed by atoms with Crippen molar-refractivity contribution in [3.8, 4) is 5.75 Å². The molecule has 2 aromatic rings. The summed E-state index contributed by atoms with van der Waals surface area (Å²) < 4.78 is 0. The molecule has 21 heavy (non-hydrogen) atoms. The maximum absolute atomic E-state index is 9.31. The van der Waals surface area contributed by atoms with Crippen LogP contribution in [-0.2, 0) is 6.54 Å². The Morgan fingerprint density at radius 3 is 2.57 bits per heavy atom. The first-order valence-corrected chi connectivity index (χ1v) is 7.07. The summed E-state index contributed by atoms with van der Waals surface area (Å²) in [7, 11) is 2.02. The van der Waals surface area contributed by atoms with Crippen molar-refractivity contribution in [1.29, 1.82) is 0 Å². The number of hydrogen-bond acceptors (Lipinski definition) is 4. The molecule has 0 radical (unpaired) electrons. The summed E-state index contributed by atoms with van der Waals surface area (Å²) >= 11 is 0. The highest BCUT2D eigenvalue weighted by Gasteiger charge is 2.21. The number of phenolic OH excluding ortho intramolecular Hbond substituents is 1. The first-order chi connectivity index (χ1) is 10.2. The fourth-order valence-corrected chi connectivity index (χ4v) is 2.48. The SMILES string of the molecule is CN(Cc1ccc(O)cc1)C1=NCC(c2ccccc2)N1. The number of nitrogens with one attached hydrogen (secondary N) is 1. The van der Waals surface area contributed by atoms with E-state index in [1.54, 1.807) is 12.1 Å². The van der Waals surface area contributed by atoms with E-state index in [2.05, 4.69) is 39.5 Å². The van der Waals surface area contributed by atoms with Crippen LogP contribution in [-0.4, -0.2) is 29.6 Å². The molecule has 0 amide bonds. The second kappa shape index (κ2) is 5.87. The van der Waals surface area contributed by atoms with E-state index < -0.39 is 0 Å². The highest BCUT2D eigenvalue weighted by atomic mass is 16.3. The number of aromatic hydroxyl groups is 1. The number of hydrogen-bond donors (Lipinski definition) is 2. The topological polar surface area (TPSA) is 47.9 Å². The average Bonchev–Trinajstić information content (AvgIpc) is 3.00. The van der Waals surface area contributed by atoms with Gasteiger partial charge in [0.2, 0.25) is 0 Å². The van der Waals surface area contributed by atoms with Gasteiger partial charge in [0.15, 0.2) is 5.96 Å². The molecule has 4 heteroatoms. The molecule has 0 fully saturated rings. The van der Waals surface area contributed by atoms with E-state index in [-0.39, 0.29) is 6.04 Å². The lowest BCUT2D eigenvalue weighted by molar-refractivity contribution is 0.469. The zero-order valence-corrected chi connectivity index (χ0v) is 12.0. The van der Waals surface area contributed by atoms with Gasteiger partial charge in [-0.05, 0) is 23.3 Å². The molecule has 2 N–H and O–H groups in total. The molecule has 1 aliphatic heterocycles. The molecule has 108 valence electrons. The van der Waals surface area contributed by atoms with Gasteiger partial charge >= 0.3 is 0 Å². The summed E-state index contributed by atoms with van der Waals surface area (Å²) in [6.07, 6.45) is 0. The van der Waals surface area contributed by atoms with E-state index in [0.29, 0.717) is 5.75 Å². The van der Waals surface area contributed by atoms with Crippen LogP contribution in [0.1, 0.15) is 17.2 Å². The van der Waals surface area contributed by atoms with Gasteiger partial charge in [-0.25, -0.2) is 0 Å². The standard InChI is InChI=1S/C17H19N3O/c1-20(12-13-7-9-15(21)10-8-13)17-18-11-16(19-17)14-5-3-2-4-6-14/h2-10,16,21H,11-12H2,1H3,(H,18,19). The lowest BCUT2D eigenvalue weighted by Gasteiger charge is -2.21. The molecule has 4 nitrogen and oxygen atoms in total. The molecule has 0 aromatic heterocycles. The van der Waals surface area contributed by atoms with Crippen LogP contribution in [0.25, 0.3) is 0 Å². The summed E-state index contributed by atoms with van der Waals surface area (Å²) in [5.41, 5.74) is 2.40. The van der Waals surface area contributed by atoms with E-state index in [4.69, 9.17) is 0 Å². The summed E-state index contributed by atoms with van der Waals surface area (Å²) in [5.74, 6) is 1.21. The minimum atomic E-state index is 0.253. The van der Waals surface area contributed by atoms with Crippen LogP contribution < -0.4 is 5.32 Å². The maximum Gasteiger partial charge on any atom is 0.194 e. The van der Waals surface area contributed by atoms with Gasteiger partial charge in [0, 0.05) is 13.6 Å². The number of benzene rings is 2. The van der Waals surface area contributed by atoms with Gasteiger partial charge in [0.05, 0.1) is 12.6 Å². The molecule has 3 rings (SSSR count). The zero-order chi connectivity index (χ0) is 14.7. The largest absolute Gasteiger partial charge is 0.508 e. The van der Waals surface area contributed by atoms with Gasteiger partial charge < -0.3 is 15.3 Å². The minimum absolute atomic E-state index is 0.253. The van der Waals surface area contributed by atoms with Gasteiger partial charge in [0.25, 0.3) is 0 Å². The maximum atomic E-state index is 9.31. The lowest BCUT2D eigenvalue weighted by Crippen LogP contribution is -2.36. The minimum Gasteiger partial charge on any atom is -0.508 e. The highest BCUT2D eigenvalue weighted by Crippen LogP contribution is 2.18. The van der Waals surface area contributed by atoms with Gasteiger partial charge in [-0.15, -0.1) is 0 Å². The van der Waals surface area contributed by atoms with Crippen molar-refractivity contribution in [3.05, 3.63) is 65.7 Å². The second-order valence-corrected chi connectivity index (χ2v) is 5.29. The first-order valence-electron chi connectivity index (χ1n) is 7.07. The van der Waals surface area contributed by atoms with E-state index in [1.165, 1.54) is 5.56 Å². The van der Waals surface area contributed by atoms with Gasteiger partial charge in [-0.3, -0.25) is 4.99 Å². The number of rotatable bonds is 3. The summed E-state index contributed by atoms with van der Waals surface area (Å²) in [6.45, 7) is 1.52. The van der Waals surface area contributed by atoms with Crippen LogP contribution in [0.4, 0.5) is 0 Å². The van der Waals surface area contributed by atoms with Crippen molar-refractivity contribution in [3.63, 3.8) is 0 Å². The molecule has 1 unspecified atom stereocenters. The van der Waals surface area contributed by atoms with E-state index in [0.717, 1.165) is 24.6 Å². The summed E-state index contributed by atoms with van der Waals surface area (Å²) in [6, 6.07) is 17.9. The Kier molecular flexibility index (Phi) is 3.77. The molecular formula is C17H19N3O. The lowest BCUT2D eigenvalue weighted by atomic mass is 10.1. The average molecular weight is 281 g/mol. The van der Waals surface area contributed by atoms with Crippen molar-refractivity contribution >= 4 is 5.96 Å². The molecule has 1 heterocycles. The summed E-state index contributed by atoms with van der Waals surface area (Å²) in [5, 5.41) is 12.8. The molecular weight excluding hydrogens is 262 g/mol. The van der Waals surface area contributed by atoms with E-state index in [9.17, 15) is 5.11 Å². The Labute approximate surface area is 124 Å². The number of aliphatic imine (C=N–C) groups is 1. The van der Waals surface area contributed by atoms with Crippen LogP contribution in [0, 0.1) is 0 Å². The summed E-state index contributed by atoms with van der Waals surface area (Å²) in [4.78, 5) is 6.68. The molecule has 0 aliphatic carbocycles. The third kappa shape index (κ3) is 3.16. The Hall–Kier alpha value is -2.49. The predicted octanol–water partition coefficient (Wildman–Crippen LogP) is 2.52. The first kappa shape index (κ1) is 13.5. The van der Waals surface area contributed by atoms with Crippen LogP contribution in [0.15, 0.2) is 59.6 Å². The van der Waals surface area contributed by atoms with Crippen molar-refractivity contribution in [1.82, 2.24) is 10.2 Å². The third-order valence-corrected chi connectivity index (χ3v) is 3.65. The molecule has 0 bridgehead atoms. The quantitative estimate of drug-likeness (QED) is 0.909. The predicted molar refractivity (Wildman–Crippen MR) is 84.2 cm³/mol. The molecule has 0 spiro atoms. The third-order valence-electron chi connectivity index (χ3n) is 3.65. The van der Waals surface area contributed by atoms with Crippen molar-refractivity contribution in [2.45, 2.75) is 12.6 Å². The number of phenols is 1. The van der Waals surface area contributed by atoms with Crippen molar-refractivity contribution in [2.75, 3.05) is 13.6 Å². The van der Waals surface area contributed by atoms with E-state index >= 15 is 0 Å². The Bertz CT molecular complexity index is 622.